The summed E-state index contributed by atoms with van der Waals surface area (Å²) in [4.78, 5) is 76.3. The molecular weight excluding hydrogens is 935 g/mol. The van der Waals surface area contributed by atoms with Gasteiger partial charge in [0.05, 0.1) is 17.6 Å². The third-order valence-electron chi connectivity index (χ3n) is 10.5. The molecule has 19 nitrogen and oxygen atoms in total. The first-order chi connectivity index (χ1) is 34.1. The Morgan fingerprint density at radius 1 is 0.676 bits per heavy atom. The largest absolute Gasteiger partial charge is 0.462 e. The van der Waals surface area contributed by atoms with Gasteiger partial charge in [-0.1, -0.05) is 103 Å². The quantitative estimate of drug-likeness (QED) is 0.0390. The van der Waals surface area contributed by atoms with E-state index in [-0.39, 0.29) is 12.4 Å². The van der Waals surface area contributed by atoms with Crippen LogP contribution in [-0.2, 0) is 63.7 Å². The Balaban J connectivity index is 1.26. The number of para-hydroxylation sites is 1. The summed E-state index contributed by atoms with van der Waals surface area (Å²) in [5, 5.41) is 21.4. The number of hydrogen-bond donors (Lipinski definition) is 0. The van der Waals surface area contributed by atoms with Crippen LogP contribution in [0.25, 0.3) is 39.3 Å². The number of thiazole rings is 1. The molecule has 366 valence electrons. The fourth-order valence-corrected chi connectivity index (χ4v) is 8.47. The number of rotatable bonds is 18. The van der Waals surface area contributed by atoms with Crippen LogP contribution in [0, 0.1) is 0 Å². The summed E-state index contributed by atoms with van der Waals surface area (Å²) >= 11 is 1.27. The highest BCUT2D eigenvalue weighted by Gasteiger charge is 2.52. The monoisotopic (exact) mass is 983 g/mol. The van der Waals surface area contributed by atoms with Gasteiger partial charge in [-0.05, 0) is 28.8 Å². The maximum atomic E-state index is 13.4. The fourth-order valence-electron chi connectivity index (χ4n) is 7.61. The van der Waals surface area contributed by atoms with Gasteiger partial charge in [0.1, 0.15) is 18.8 Å². The molecule has 6 aromatic rings. The molecule has 0 aliphatic carbocycles. The molecule has 0 spiro atoms. The van der Waals surface area contributed by atoms with Crippen molar-refractivity contribution in [2.24, 2.45) is 15.3 Å². The summed E-state index contributed by atoms with van der Waals surface area (Å²) in [6.45, 7) is 5.58. The highest BCUT2D eigenvalue weighted by Crippen LogP contribution is 2.30. The molecule has 1 aliphatic rings. The number of benzene rings is 4. The molecule has 71 heavy (non-hydrogen) atoms. The minimum atomic E-state index is -1.85. The molecule has 1 unspecified atom stereocenters. The molecule has 20 heteroatoms. The number of ether oxygens (including phenoxy) is 6. The van der Waals surface area contributed by atoms with Crippen molar-refractivity contribution in [2.75, 3.05) is 6.61 Å². The van der Waals surface area contributed by atoms with Gasteiger partial charge >= 0.3 is 29.8 Å². The molecule has 1 aliphatic heterocycles. The van der Waals surface area contributed by atoms with E-state index in [1.807, 2.05) is 127 Å². The van der Waals surface area contributed by atoms with Gasteiger partial charge in [-0.3, -0.25) is 28.8 Å². The first kappa shape index (κ1) is 50.4. The zero-order chi connectivity index (χ0) is 50.6. The maximum Gasteiger partial charge on any atom is 0.303 e. The molecule has 7 rings (SSSR count). The first-order valence-corrected chi connectivity index (χ1v) is 23.0. The molecule has 0 bridgehead atoms. The van der Waals surface area contributed by atoms with Gasteiger partial charge in [-0.2, -0.15) is 15.2 Å². The van der Waals surface area contributed by atoms with Crippen molar-refractivity contribution in [1.29, 1.82) is 0 Å². The summed E-state index contributed by atoms with van der Waals surface area (Å²) in [5.41, 5.74) is 6.63. The first-order valence-electron chi connectivity index (χ1n) is 22.1. The number of hydrogen-bond acceptors (Lipinski definition) is 17. The van der Waals surface area contributed by atoms with E-state index in [1.54, 1.807) is 15.5 Å². The average molecular weight is 984 g/mol. The minimum absolute atomic E-state index is 0.0872. The predicted molar refractivity (Wildman–Crippen MR) is 259 cm³/mol. The molecule has 0 radical (unpaired) electrons. The molecule has 1 amide bonds. The van der Waals surface area contributed by atoms with E-state index >= 15 is 0 Å². The van der Waals surface area contributed by atoms with Gasteiger partial charge in [-0.15, -0.1) is 21.5 Å². The standard InChI is InChI=1S/C51H49N7O12S/c1-31(59)58-50(49(69-36(6)64)48(68-35(5)63)47(67-34(4)62)44(66-33(3)61)29-65-32(2)60)70-45(54-58)28-56-43(39-18-12-8-13-19-39)30-71-51(56)53-52-26-41-27-57(42-20-14-9-15-21-42)55-46(41)40-24-22-38(23-25-40)37-16-10-7-11-17-37/h7-27,30,44,47-50H,28-29H2,1-6H3/b52-26+,53-51+/t44-,47+,48+,49-,50?/m1/s1. The van der Waals surface area contributed by atoms with E-state index in [0.717, 1.165) is 67.6 Å². The highest BCUT2D eigenvalue weighted by molar-refractivity contribution is 7.07. The zero-order valence-corrected chi connectivity index (χ0v) is 40.3. The lowest BCUT2D eigenvalue weighted by Gasteiger charge is -2.37. The highest BCUT2D eigenvalue weighted by atomic mass is 32.1. The van der Waals surface area contributed by atoms with Crippen LogP contribution in [0.15, 0.2) is 142 Å². The van der Waals surface area contributed by atoms with E-state index in [9.17, 15) is 28.8 Å². The van der Waals surface area contributed by atoms with Crippen LogP contribution in [0.2, 0.25) is 0 Å². The molecule has 0 saturated carbocycles. The Morgan fingerprint density at radius 2 is 1.24 bits per heavy atom. The Bertz CT molecular complexity index is 3010. The second-order valence-electron chi connectivity index (χ2n) is 15.9. The van der Waals surface area contributed by atoms with Crippen molar-refractivity contribution in [2.45, 2.75) is 78.7 Å². The molecular formula is C51H49N7O12S. The van der Waals surface area contributed by atoms with Crippen molar-refractivity contribution >= 4 is 59.2 Å². The fraction of sp³-hybridized carbons (Fsp3) is 0.255. The lowest BCUT2D eigenvalue weighted by atomic mass is 10.00. The normalized spacial score (nSPS) is 15.2. The van der Waals surface area contributed by atoms with Crippen molar-refractivity contribution < 1.29 is 57.2 Å². The third-order valence-corrected chi connectivity index (χ3v) is 11.4. The molecule has 0 N–H and O–H groups in total. The molecule has 5 atom stereocenters. The van der Waals surface area contributed by atoms with Crippen LogP contribution in [0.3, 0.4) is 0 Å². The van der Waals surface area contributed by atoms with Crippen LogP contribution in [-0.4, -0.2) is 104 Å². The lowest BCUT2D eigenvalue weighted by Crippen LogP contribution is -2.59. The Morgan fingerprint density at radius 3 is 1.83 bits per heavy atom. The topological polar surface area (TPSA) is 221 Å². The summed E-state index contributed by atoms with van der Waals surface area (Å²) in [7, 11) is 0. The van der Waals surface area contributed by atoms with Crippen molar-refractivity contribution in [3.63, 3.8) is 0 Å². The van der Waals surface area contributed by atoms with Gasteiger partial charge in [-0.25, -0.2) is 4.68 Å². The second-order valence-corrected chi connectivity index (χ2v) is 16.7. The summed E-state index contributed by atoms with van der Waals surface area (Å²) < 4.78 is 37.3. The maximum absolute atomic E-state index is 13.4. The number of amides is 1. The molecule has 2 aromatic heterocycles. The van der Waals surface area contributed by atoms with Crippen LogP contribution >= 0.6 is 11.3 Å². The minimum Gasteiger partial charge on any atom is -0.462 e. The van der Waals surface area contributed by atoms with E-state index in [4.69, 9.17) is 33.5 Å². The smallest absolute Gasteiger partial charge is 0.303 e. The Hall–Kier alpha value is -8.52. The van der Waals surface area contributed by atoms with Gasteiger partial charge < -0.3 is 33.0 Å². The van der Waals surface area contributed by atoms with E-state index in [0.29, 0.717) is 21.8 Å². The van der Waals surface area contributed by atoms with Gasteiger partial charge in [0.25, 0.3) is 0 Å². The van der Waals surface area contributed by atoms with Crippen molar-refractivity contribution in [3.8, 4) is 39.3 Å². The van der Waals surface area contributed by atoms with Crippen LogP contribution in [0.4, 0.5) is 0 Å². The number of esters is 5. The number of carbonyl (C=O) groups is 6. The number of nitrogens with zero attached hydrogens (tertiary/aromatic N) is 7. The van der Waals surface area contributed by atoms with Crippen LogP contribution < -0.4 is 4.80 Å². The zero-order valence-electron chi connectivity index (χ0n) is 39.4. The van der Waals surface area contributed by atoms with Gasteiger partial charge in [0.2, 0.25) is 22.8 Å². The van der Waals surface area contributed by atoms with E-state index < -0.39 is 73.0 Å². The van der Waals surface area contributed by atoms with Gasteiger partial charge in [0, 0.05) is 64.2 Å². The Labute approximate surface area is 411 Å². The Kier molecular flexibility index (Phi) is 16.4. The second kappa shape index (κ2) is 23.2. The summed E-state index contributed by atoms with van der Waals surface area (Å²) in [6.07, 6.45) is -5.26. The van der Waals surface area contributed by atoms with Crippen molar-refractivity contribution in [3.05, 3.63) is 137 Å². The van der Waals surface area contributed by atoms with E-state index in [1.165, 1.54) is 18.3 Å². The third kappa shape index (κ3) is 13.0. The number of aromatic nitrogens is 3. The predicted octanol–water partition coefficient (Wildman–Crippen LogP) is 6.48. The molecule has 0 fully saturated rings. The number of carbonyl (C=O) groups excluding carboxylic acids is 6. The lowest BCUT2D eigenvalue weighted by molar-refractivity contribution is -0.216. The summed E-state index contributed by atoms with van der Waals surface area (Å²) in [6, 6.07) is 37.2. The number of hydrazone groups is 1. The average Bonchev–Trinajstić information content (AvgIpc) is 4.09. The SMILES string of the molecule is CC(=O)OC[C@@H](OC(C)=O)[C@H](OC(C)=O)[C@H](OC(C)=O)[C@@H](OC(C)=O)C1OC(Cn2c(-c3ccccc3)cs/c2=N/N=C/c2cn(-c3ccccc3)nc2-c2ccc(-c3ccccc3)cc2)=NN1C(C)=O. The molecule has 3 heterocycles. The summed E-state index contributed by atoms with van der Waals surface area (Å²) in [5.74, 6) is -5.29. The molecule has 0 saturated heterocycles. The molecule has 4 aromatic carbocycles. The van der Waals surface area contributed by atoms with Crippen LogP contribution in [0.1, 0.15) is 47.1 Å². The van der Waals surface area contributed by atoms with Gasteiger partial charge in [0.15, 0.2) is 24.4 Å². The van der Waals surface area contributed by atoms with Crippen molar-refractivity contribution in [1.82, 2.24) is 19.4 Å². The van der Waals surface area contributed by atoms with E-state index in [2.05, 4.69) is 15.3 Å². The van der Waals surface area contributed by atoms with Crippen LogP contribution in [0.5, 0.6) is 0 Å².